The normalized spacial score (nSPS) is 17.0. The van der Waals surface area contributed by atoms with Crippen LogP contribution in [0.5, 0.6) is 0 Å². The summed E-state index contributed by atoms with van der Waals surface area (Å²) < 4.78 is 33.0. The number of sulfonamides is 1. The van der Waals surface area contributed by atoms with Crippen molar-refractivity contribution in [2.24, 2.45) is 5.92 Å². The van der Waals surface area contributed by atoms with Crippen molar-refractivity contribution in [3.8, 4) is 0 Å². The summed E-state index contributed by atoms with van der Waals surface area (Å²) in [6.07, 6.45) is 2.78. The van der Waals surface area contributed by atoms with Crippen molar-refractivity contribution >= 4 is 32.8 Å². The predicted octanol–water partition coefficient (Wildman–Crippen LogP) is 1.69. The number of carbonyl (C=O) groups excluding carboxylic acids is 2. The van der Waals surface area contributed by atoms with Crippen LogP contribution in [0.15, 0.2) is 34.1 Å². The van der Waals surface area contributed by atoms with E-state index in [1.54, 1.807) is 17.6 Å². The summed E-state index contributed by atoms with van der Waals surface area (Å²) in [5.41, 5.74) is -0.0122. The van der Waals surface area contributed by atoms with Crippen molar-refractivity contribution in [1.29, 1.82) is 0 Å². The highest BCUT2D eigenvalue weighted by Gasteiger charge is 2.31. The summed E-state index contributed by atoms with van der Waals surface area (Å²) >= 11 is 0. The first-order valence-corrected chi connectivity index (χ1v) is 12.1. The molecule has 0 aliphatic carbocycles. The second-order valence-electron chi connectivity index (χ2n) is 7.97. The van der Waals surface area contributed by atoms with Crippen LogP contribution in [-0.2, 0) is 26.1 Å². The van der Waals surface area contributed by atoms with Gasteiger partial charge in [0.25, 0.3) is 5.91 Å². The molecular formula is C22H29N3O6S. The minimum atomic E-state index is -3.74. The lowest BCUT2D eigenvalue weighted by Gasteiger charge is -2.31. The summed E-state index contributed by atoms with van der Waals surface area (Å²) in [5, 5.41) is 0.166. The average Bonchev–Trinajstić information content (AvgIpc) is 2.79. The molecule has 0 radical (unpaired) electrons. The number of hydrogen-bond donors (Lipinski definition) is 0. The van der Waals surface area contributed by atoms with Gasteiger partial charge in [-0.3, -0.25) is 14.4 Å². The van der Waals surface area contributed by atoms with Crippen LogP contribution in [0.3, 0.4) is 0 Å². The summed E-state index contributed by atoms with van der Waals surface area (Å²) in [4.78, 5) is 40.2. The molecule has 10 heteroatoms. The first kappa shape index (κ1) is 23.9. The van der Waals surface area contributed by atoms with Crippen LogP contribution in [0.25, 0.3) is 10.9 Å². The number of esters is 1. The van der Waals surface area contributed by atoms with Crippen molar-refractivity contribution < 1.29 is 22.7 Å². The van der Waals surface area contributed by atoms with Crippen LogP contribution < -0.4 is 5.43 Å². The van der Waals surface area contributed by atoms with E-state index in [1.807, 2.05) is 6.92 Å². The van der Waals surface area contributed by atoms with Crippen LogP contribution in [0.1, 0.15) is 37.0 Å². The minimum Gasteiger partial charge on any atom is -0.466 e. The highest BCUT2D eigenvalue weighted by Crippen LogP contribution is 2.22. The zero-order valence-corrected chi connectivity index (χ0v) is 19.6. The van der Waals surface area contributed by atoms with Gasteiger partial charge in [0, 0.05) is 45.3 Å². The van der Waals surface area contributed by atoms with E-state index in [0.29, 0.717) is 31.4 Å². The third-order valence-electron chi connectivity index (χ3n) is 5.73. The number of piperidine rings is 1. The largest absolute Gasteiger partial charge is 0.466 e. The number of rotatable bonds is 6. The number of hydrogen-bond acceptors (Lipinski definition) is 6. The zero-order valence-electron chi connectivity index (χ0n) is 18.8. The van der Waals surface area contributed by atoms with E-state index in [1.165, 1.54) is 37.3 Å². The van der Waals surface area contributed by atoms with Crippen molar-refractivity contribution in [2.75, 3.05) is 33.8 Å². The van der Waals surface area contributed by atoms with Crippen LogP contribution >= 0.6 is 0 Å². The molecular weight excluding hydrogens is 434 g/mol. The molecule has 0 unspecified atom stereocenters. The first-order chi connectivity index (χ1) is 15.1. The Hall–Kier alpha value is -2.72. The molecule has 1 aliphatic rings. The van der Waals surface area contributed by atoms with Gasteiger partial charge in [0.1, 0.15) is 5.56 Å². The molecule has 9 nitrogen and oxygen atoms in total. The number of aromatic nitrogens is 1. The Morgan fingerprint density at radius 1 is 1.22 bits per heavy atom. The van der Waals surface area contributed by atoms with Crippen molar-refractivity contribution in [1.82, 2.24) is 13.8 Å². The number of nitrogens with zero attached hydrogens (tertiary/aromatic N) is 3. The Balaban J connectivity index is 2.06. The highest BCUT2D eigenvalue weighted by molar-refractivity contribution is 7.89. The molecule has 1 aliphatic heterocycles. The molecule has 0 spiro atoms. The summed E-state index contributed by atoms with van der Waals surface area (Å²) in [5.74, 6) is -1.22. The number of ether oxygens (including phenoxy) is 1. The minimum absolute atomic E-state index is 0.0142. The fraction of sp³-hybridized carbons (Fsp3) is 0.500. The topological polar surface area (TPSA) is 106 Å². The SMILES string of the molecule is CCOC(=O)[C@H]1CCCN(C(=O)c2cn(CC)c3ccc(S(=O)(=O)N(C)C)cc3c2=O)C1. The predicted molar refractivity (Wildman–Crippen MR) is 120 cm³/mol. The lowest BCUT2D eigenvalue weighted by atomic mass is 9.97. The standard InChI is InChI=1S/C22H29N3O6S/c1-5-24-14-18(21(27)25-11-7-8-15(13-25)22(28)31-6-2)20(26)17-12-16(9-10-19(17)24)32(29,30)23(3)4/h9-10,12,14-15H,5-8,11,13H2,1-4H3/t15-/m0/s1. The smallest absolute Gasteiger partial charge is 0.310 e. The number of pyridine rings is 1. The van der Waals surface area contributed by atoms with Gasteiger partial charge in [-0.15, -0.1) is 0 Å². The van der Waals surface area contributed by atoms with Gasteiger partial charge < -0.3 is 14.2 Å². The quantitative estimate of drug-likeness (QED) is 0.604. The summed E-state index contributed by atoms with van der Waals surface area (Å²) in [7, 11) is -0.909. The molecule has 1 amide bonds. The molecule has 1 aromatic heterocycles. The number of likely N-dealkylation sites (tertiary alicyclic amines) is 1. The van der Waals surface area contributed by atoms with Crippen LogP contribution in [0.2, 0.25) is 0 Å². The maximum Gasteiger partial charge on any atom is 0.310 e. The number of amides is 1. The van der Waals surface area contributed by atoms with E-state index in [-0.39, 0.29) is 35.0 Å². The fourth-order valence-corrected chi connectivity index (χ4v) is 4.87. The molecule has 1 saturated heterocycles. The van der Waals surface area contributed by atoms with Gasteiger partial charge in [-0.1, -0.05) is 0 Å². The van der Waals surface area contributed by atoms with Gasteiger partial charge in [0.2, 0.25) is 15.5 Å². The van der Waals surface area contributed by atoms with E-state index in [9.17, 15) is 22.8 Å². The molecule has 1 fully saturated rings. The van der Waals surface area contributed by atoms with Crippen LogP contribution in [0, 0.1) is 5.92 Å². The lowest BCUT2D eigenvalue weighted by Crippen LogP contribution is -2.44. The summed E-state index contributed by atoms with van der Waals surface area (Å²) in [6.45, 7) is 5.00. The third-order valence-corrected chi connectivity index (χ3v) is 7.54. The second-order valence-corrected chi connectivity index (χ2v) is 10.1. The number of fused-ring (bicyclic) bond motifs is 1. The Labute approximate surface area is 187 Å². The van der Waals surface area contributed by atoms with Crippen LogP contribution in [-0.4, -0.2) is 67.9 Å². The third kappa shape index (κ3) is 4.42. The first-order valence-electron chi connectivity index (χ1n) is 10.7. The maximum absolute atomic E-state index is 13.3. The Bertz CT molecular complexity index is 1200. The molecule has 3 rings (SSSR count). The Morgan fingerprint density at radius 2 is 1.94 bits per heavy atom. The molecule has 0 saturated carbocycles. The molecule has 2 aromatic rings. The maximum atomic E-state index is 13.3. The fourth-order valence-electron chi connectivity index (χ4n) is 3.95. The highest BCUT2D eigenvalue weighted by atomic mass is 32.2. The van der Waals surface area contributed by atoms with Gasteiger partial charge in [0.05, 0.1) is 22.9 Å². The van der Waals surface area contributed by atoms with Crippen molar-refractivity contribution in [2.45, 2.75) is 38.1 Å². The number of carbonyl (C=O) groups is 2. The van der Waals surface area contributed by atoms with Gasteiger partial charge in [-0.25, -0.2) is 12.7 Å². The Morgan fingerprint density at radius 3 is 2.56 bits per heavy atom. The van der Waals surface area contributed by atoms with Crippen molar-refractivity contribution in [3.05, 3.63) is 40.2 Å². The molecule has 32 heavy (non-hydrogen) atoms. The monoisotopic (exact) mass is 463 g/mol. The van der Waals surface area contributed by atoms with E-state index in [4.69, 9.17) is 4.74 Å². The molecule has 0 N–H and O–H groups in total. The Kier molecular flexibility index (Phi) is 7.04. The average molecular weight is 464 g/mol. The lowest BCUT2D eigenvalue weighted by molar-refractivity contribution is -0.149. The van der Waals surface area contributed by atoms with Gasteiger partial charge >= 0.3 is 5.97 Å². The summed E-state index contributed by atoms with van der Waals surface area (Å²) in [6, 6.07) is 4.37. The van der Waals surface area contributed by atoms with E-state index < -0.39 is 27.3 Å². The van der Waals surface area contributed by atoms with E-state index >= 15 is 0 Å². The molecule has 1 atom stereocenters. The molecule has 1 aromatic carbocycles. The van der Waals surface area contributed by atoms with Gasteiger partial charge in [-0.2, -0.15) is 0 Å². The molecule has 2 heterocycles. The zero-order chi connectivity index (χ0) is 23.6. The van der Waals surface area contributed by atoms with Gasteiger partial charge in [-0.05, 0) is 44.9 Å². The van der Waals surface area contributed by atoms with Crippen LogP contribution in [0.4, 0.5) is 0 Å². The number of benzene rings is 1. The molecule has 0 bridgehead atoms. The second kappa shape index (κ2) is 9.41. The van der Waals surface area contributed by atoms with E-state index in [2.05, 4.69) is 0 Å². The van der Waals surface area contributed by atoms with E-state index in [0.717, 1.165) is 4.31 Å². The molecule has 174 valence electrons. The number of aryl methyl sites for hydroxylation is 1. The van der Waals surface area contributed by atoms with Crippen molar-refractivity contribution in [3.63, 3.8) is 0 Å². The van der Waals surface area contributed by atoms with Gasteiger partial charge in [0.15, 0.2) is 0 Å².